The van der Waals surface area contributed by atoms with Crippen LogP contribution in [0.5, 0.6) is 0 Å². The predicted octanol–water partition coefficient (Wildman–Crippen LogP) is 2.02. The Kier molecular flexibility index (Phi) is 11.4. The fourth-order valence-electron chi connectivity index (χ4n) is 1.88. The van der Waals surface area contributed by atoms with E-state index >= 15 is 0 Å². The highest BCUT2D eigenvalue weighted by Gasteiger charge is 2.38. The second-order valence-corrected chi connectivity index (χ2v) is 5.28. The summed E-state index contributed by atoms with van der Waals surface area (Å²) in [5.74, 6) is -3.96. The molecule has 0 rings (SSSR count). The zero-order chi connectivity index (χ0) is 17.0. The van der Waals surface area contributed by atoms with Gasteiger partial charge in [-0.15, -0.1) is 0 Å². The van der Waals surface area contributed by atoms with E-state index in [1.807, 2.05) is 13.8 Å². The monoisotopic (exact) mass is 316 g/mol. The normalized spacial score (nSPS) is 13.3. The number of aliphatic hydroxyl groups is 1. The first-order chi connectivity index (χ1) is 10.5. The van der Waals surface area contributed by atoms with Gasteiger partial charge in [0.05, 0.1) is 13.2 Å². The standard InChI is InChI=1S/C16H28O6/c1-4-6-8-10-21-15(19)13(12(3)17)14(18)16(20)22-11-9-7-5-2/h13-14,18H,4-11H2,1-3H3/t13?,14-/m0/s1. The van der Waals surface area contributed by atoms with Gasteiger partial charge in [0.2, 0.25) is 0 Å². The van der Waals surface area contributed by atoms with Gasteiger partial charge in [-0.25, -0.2) is 4.79 Å². The van der Waals surface area contributed by atoms with Gasteiger partial charge in [0.15, 0.2) is 12.0 Å². The Hall–Kier alpha value is -1.43. The Morgan fingerprint density at radius 2 is 1.32 bits per heavy atom. The Bertz CT molecular complexity index is 353. The largest absolute Gasteiger partial charge is 0.465 e. The molecule has 0 aromatic heterocycles. The molecule has 6 heteroatoms. The van der Waals surface area contributed by atoms with Crippen LogP contribution in [-0.2, 0) is 23.9 Å². The number of hydrogen-bond acceptors (Lipinski definition) is 6. The summed E-state index contributed by atoms with van der Waals surface area (Å²) >= 11 is 0. The molecule has 0 aromatic rings. The summed E-state index contributed by atoms with van der Waals surface area (Å²) in [5, 5.41) is 9.88. The van der Waals surface area contributed by atoms with Crippen molar-refractivity contribution in [1.82, 2.24) is 0 Å². The minimum atomic E-state index is -1.81. The van der Waals surface area contributed by atoms with E-state index in [4.69, 9.17) is 9.47 Å². The lowest BCUT2D eigenvalue weighted by molar-refractivity contribution is -0.169. The highest BCUT2D eigenvalue weighted by Crippen LogP contribution is 2.11. The van der Waals surface area contributed by atoms with Gasteiger partial charge in [0.25, 0.3) is 0 Å². The van der Waals surface area contributed by atoms with Crippen LogP contribution in [-0.4, -0.2) is 42.1 Å². The Morgan fingerprint density at radius 1 is 0.864 bits per heavy atom. The fraction of sp³-hybridized carbons (Fsp3) is 0.812. The number of ketones is 1. The second-order valence-electron chi connectivity index (χ2n) is 5.28. The van der Waals surface area contributed by atoms with E-state index in [2.05, 4.69) is 0 Å². The Morgan fingerprint density at radius 3 is 1.73 bits per heavy atom. The van der Waals surface area contributed by atoms with Crippen LogP contribution in [0.25, 0.3) is 0 Å². The molecule has 128 valence electrons. The molecule has 0 aliphatic heterocycles. The number of esters is 2. The predicted molar refractivity (Wildman–Crippen MR) is 81.1 cm³/mol. The molecule has 0 aromatic carbocycles. The van der Waals surface area contributed by atoms with Crippen molar-refractivity contribution in [2.45, 2.75) is 65.4 Å². The Balaban J connectivity index is 4.42. The molecule has 2 atom stereocenters. The molecule has 0 saturated carbocycles. The minimum absolute atomic E-state index is 0.167. The van der Waals surface area contributed by atoms with E-state index < -0.39 is 29.7 Å². The summed E-state index contributed by atoms with van der Waals surface area (Å²) in [4.78, 5) is 35.1. The van der Waals surface area contributed by atoms with Gasteiger partial charge in [0, 0.05) is 0 Å². The molecule has 0 aliphatic carbocycles. The van der Waals surface area contributed by atoms with Crippen LogP contribution >= 0.6 is 0 Å². The lowest BCUT2D eigenvalue weighted by Gasteiger charge is -2.18. The number of Topliss-reactive ketones (excluding diaryl/α,β-unsaturated/α-hetero) is 1. The molecule has 0 saturated heterocycles. The summed E-state index contributed by atoms with van der Waals surface area (Å²) in [7, 11) is 0. The first kappa shape index (κ1) is 20.6. The minimum Gasteiger partial charge on any atom is -0.465 e. The number of carbonyl (C=O) groups excluding carboxylic acids is 3. The van der Waals surface area contributed by atoms with Crippen molar-refractivity contribution in [2.75, 3.05) is 13.2 Å². The second kappa shape index (κ2) is 12.1. The highest BCUT2D eigenvalue weighted by molar-refractivity contribution is 6.02. The fourth-order valence-corrected chi connectivity index (χ4v) is 1.88. The molecule has 0 amide bonds. The first-order valence-corrected chi connectivity index (χ1v) is 7.97. The van der Waals surface area contributed by atoms with Gasteiger partial charge >= 0.3 is 11.9 Å². The van der Waals surface area contributed by atoms with Crippen molar-refractivity contribution < 1.29 is 29.0 Å². The van der Waals surface area contributed by atoms with Crippen molar-refractivity contribution in [1.29, 1.82) is 0 Å². The van der Waals surface area contributed by atoms with Gasteiger partial charge in [-0.3, -0.25) is 9.59 Å². The molecule has 0 radical (unpaired) electrons. The van der Waals surface area contributed by atoms with Crippen molar-refractivity contribution in [3.63, 3.8) is 0 Å². The third kappa shape index (κ3) is 8.12. The topological polar surface area (TPSA) is 89.9 Å². The van der Waals surface area contributed by atoms with Gasteiger partial charge in [0.1, 0.15) is 5.78 Å². The SMILES string of the molecule is CCCCCOC(=O)C(C(C)=O)[C@H](O)C(=O)OCCCCC. The quantitative estimate of drug-likeness (QED) is 0.336. The smallest absolute Gasteiger partial charge is 0.336 e. The lowest BCUT2D eigenvalue weighted by Crippen LogP contribution is -2.41. The van der Waals surface area contributed by atoms with Crippen molar-refractivity contribution in [2.24, 2.45) is 5.92 Å². The van der Waals surface area contributed by atoms with E-state index in [9.17, 15) is 19.5 Å². The molecule has 6 nitrogen and oxygen atoms in total. The van der Waals surface area contributed by atoms with Crippen molar-refractivity contribution in [3.05, 3.63) is 0 Å². The number of aliphatic hydroxyl groups excluding tert-OH is 1. The Labute approximate surface area is 132 Å². The van der Waals surface area contributed by atoms with Crippen LogP contribution in [0, 0.1) is 5.92 Å². The maximum absolute atomic E-state index is 11.9. The van der Waals surface area contributed by atoms with Crippen molar-refractivity contribution in [3.8, 4) is 0 Å². The molecule has 1 unspecified atom stereocenters. The molecule has 0 fully saturated rings. The van der Waals surface area contributed by atoms with Crippen molar-refractivity contribution >= 4 is 17.7 Å². The molecular weight excluding hydrogens is 288 g/mol. The average molecular weight is 316 g/mol. The zero-order valence-corrected chi connectivity index (χ0v) is 13.8. The molecule has 0 heterocycles. The van der Waals surface area contributed by atoms with E-state index in [0.717, 1.165) is 32.6 Å². The summed E-state index contributed by atoms with van der Waals surface area (Å²) in [6.07, 6.45) is 3.31. The van der Waals surface area contributed by atoms with E-state index in [-0.39, 0.29) is 13.2 Å². The molecule has 0 bridgehead atoms. The van der Waals surface area contributed by atoms with Gasteiger partial charge < -0.3 is 14.6 Å². The van der Waals surface area contributed by atoms with Crippen LogP contribution in [0.1, 0.15) is 59.3 Å². The third-order valence-electron chi connectivity index (χ3n) is 3.23. The summed E-state index contributed by atoms with van der Waals surface area (Å²) < 4.78 is 9.84. The molecule has 22 heavy (non-hydrogen) atoms. The summed E-state index contributed by atoms with van der Waals surface area (Å²) in [5.41, 5.74) is 0. The third-order valence-corrected chi connectivity index (χ3v) is 3.23. The molecule has 0 aliphatic rings. The van der Waals surface area contributed by atoms with Gasteiger partial charge in [-0.2, -0.15) is 0 Å². The van der Waals surface area contributed by atoms with Gasteiger partial charge in [-0.05, 0) is 19.8 Å². The molecule has 0 spiro atoms. The number of unbranched alkanes of at least 4 members (excludes halogenated alkanes) is 4. The average Bonchev–Trinajstić information content (AvgIpc) is 2.47. The molecular formula is C16H28O6. The van der Waals surface area contributed by atoms with E-state index in [0.29, 0.717) is 12.8 Å². The summed E-state index contributed by atoms with van der Waals surface area (Å²) in [6, 6.07) is 0. The van der Waals surface area contributed by atoms with E-state index in [1.165, 1.54) is 0 Å². The summed E-state index contributed by atoms with van der Waals surface area (Å²) in [6.45, 7) is 5.51. The number of carbonyl (C=O) groups is 3. The maximum atomic E-state index is 11.9. The highest BCUT2D eigenvalue weighted by atomic mass is 16.6. The zero-order valence-electron chi connectivity index (χ0n) is 13.8. The van der Waals surface area contributed by atoms with Crippen LogP contribution in [0.4, 0.5) is 0 Å². The maximum Gasteiger partial charge on any atom is 0.336 e. The van der Waals surface area contributed by atoms with Crippen LogP contribution in [0.15, 0.2) is 0 Å². The van der Waals surface area contributed by atoms with E-state index in [1.54, 1.807) is 0 Å². The number of ether oxygens (including phenoxy) is 2. The first-order valence-electron chi connectivity index (χ1n) is 7.97. The lowest BCUT2D eigenvalue weighted by atomic mass is 9.98. The van der Waals surface area contributed by atoms with Crippen LogP contribution in [0.3, 0.4) is 0 Å². The number of rotatable bonds is 12. The number of hydrogen-bond donors (Lipinski definition) is 1. The van der Waals surface area contributed by atoms with Crippen LogP contribution in [0.2, 0.25) is 0 Å². The van der Waals surface area contributed by atoms with Crippen LogP contribution < -0.4 is 0 Å². The van der Waals surface area contributed by atoms with Gasteiger partial charge in [-0.1, -0.05) is 39.5 Å². The molecule has 1 N–H and O–H groups in total.